The summed E-state index contributed by atoms with van der Waals surface area (Å²) >= 11 is 5.29. The van der Waals surface area contributed by atoms with Crippen molar-refractivity contribution in [2.24, 2.45) is 5.92 Å². The Labute approximate surface area is 147 Å². The number of furan rings is 1. The molecular weight excluding hydrogens is 322 g/mol. The zero-order valence-electron chi connectivity index (χ0n) is 14.0. The van der Waals surface area contributed by atoms with Crippen LogP contribution < -0.4 is 16.2 Å². The van der Waals surface area contributed by atoms with Gasteiger partial charge in [-0.1, -0.05) is 38.0 Å². The molecule has 128 valence electrons. The fraction of sp³-hybridized carbons (Fsp3) is 0.444. The Morgan fingerprint density at radius 2 is 1.96 bits per heavy atom. The van der Waals surface area contributed by atoms with Gasteiger partial charge in [0.05, 0.1) is 0 Å². The number of benzene rings is 1. The Kier molecular flexibility index (Phi) is 5.04. The van der Waals surface area contributed by atoms with Crippen LogP contribution in [-0.2, 0) is 0 Å². The van der Waals surface area contributed by atoms with Crippen molar-refractivity contribution >= 4 is 34.2 Å². The number of hydrogen-bond acceptors (Lipinski definition) is 3. The summed E-state index contributed by atoms with van der Waals surface area (Å²) in [4.78, 5) is 12.3. The van der Waals surface area contributed by atoms with Crippen LogP contribution in [0.25, 0.3) is 11.0 Å². The SMILES string of the molecule is Cc1c(C(=O)NNC(=S)N[C@H]2CCCC[C@@H]2C)oc2ccccc12. The molecule has 3 rings (SSSR count). The van der Waals surface area contributed by atoms with Crippen LogP contribution in [-0.4, -0.2) is 17.1 Å². The molecule has 1 aliphatic carbocycles. The molecule has 1 amide bonds. The Hall–Kier alpha value is -2.08. The quantitative estimate of drug-likeness (QED) is 0.575. The van der Waals surface area contributed by atoms with E-state index in [2.05, 4.69) is 23.1 Å². The molecule has 1 heterocycles. The number of rotatable bonds is 2. The zero-order valence-corrected chi connectivity index (χ0v) is 14.8. The first-order valence-electron chi connectivity index (χ1n) is 8.41. The number of fused-ring (bicyclic) bond motifs is 1. The third-order valence-electron chi connectivity index (χ3n) is 4.77. The van der Waals surface area contributed by atoms with Crippen molar-refractivity contribution < 1.29 is 9.21 Å². The van der Waals surface area contributed by atoms with Gasteiger partial charge in [-0.3, -0.25) is 15.6 Å². The summed E-state index contributed by atoms with van der Waals surface area (Å²) in [5, 5.41) is 4.68. The van der Waals surface area contributed by atoms with E-state index >= 15 is 0 Å². The summed E-state index contributed by atoms with van der Waals surface area (Å²) in [6.45, 7) is 4.11. The Morgan fingerprint density at radius 3 is 2.71 bits per heavy atom. The van der Waals surface area contributed by atoms with Crippen LogP contribution in [0, 0.1) is 12.8 Å². The summed E-state index contributed by atoms with van der Waals surface area (Å²) in [5.74, 6) is 0.564. The third kappa shape index (κ3) is 3.53. The second-order valence-corrected chi connectivity index (χ2v) is 6.88. The highest BCUT2D eigenvalue weighted by Gasteiger charge is 2.22. The van der Waals surface area contributed by atoms with Gasteiger partial charge >= 0.3 is 5.91 Å². The van der Waals surface area contributed by atoms with Crippen molar-refractivity contribution in [3.05, 3.63) is 35.6 Å². The summed E-state index contributed by atoms with van der Waals surface area (Å²) in [6, 6.07) is 7.96. The smallest absolute Gasteiger partial charge is 0.305 e. The molecule has 24 heavy (non-hydrogen) atoms. The van der Waals surface area contributed by atoms with Gasteiger partial charge in [0.25, 0.3) is 0 Å². The molecule has 1 saturated carbocycles. The zero-order chi connectivity index (χ0) is 17.1. The number of hydrogen-bond donors (Lipinski definition) is 3. The van der Waals surface area contributed by atoms with Gasteiger partial charge in [0, 0.05) is 17.0 Å². The van der Waals surface area contributed by atoms with Gasteiger partial charge in [0.15, 0.2) is 10.9 Å². The maximum atomic E-state index is 12.3. The molecule has 0 unspecified atom stereocenters. The minimum absolute atomic E-state index is 0.303. The maximum absolute atomic E-state index is 12.3. The Morgan fingerprint density at radius 1 is 1.21 bits per heavy atom. The Balaban J connectivity index is 1.58. The molecule has 2 atom stereocenters. The minimum atomic E-state index is -0.329. The van der Waals surface area contributed by atoms with E-state index in [1.54, 1.807) is 0 Å². The molecule has 6 heteroatoms. The van der Waals surface area contributed by atoms with Crippen molar-refractivity contribution in [2.75, 3.05) is 0 Å². The van der Waals surface area contributed by atoms with Gasteiger partial charge in [-0.05, 0) is 44.0 Å². The number of aryl methyl sites for hydroxylation is 1. The van der Waals surface area contributed by atoms with E-state index in [0.29, 0.717) is 28.4 Å². The third-order valence-corrected chi connectivity index (χ3v) is 4.99. The van der Waals surface area contributed by atoms with E-state index in [4.69, 9.17) is 16.6 Å². The predicted octanol–water partition coefficient (Wildman–Crippen LogP) is 3.43. The number of para-hydroxylation sites is 1. The van der Waals surface area contributed by atoms with Gasteiger partial charge < -0.3 is 9.73 Å². The molecule has 0 radical (unpaired) electrons. The predicted molar refractivity (Wildman–Crippen MR) is 98.7 cm³/mol. The van der Waals surface area contributed by atoms with Crippen LogP contribution >= 0.6 is 12.2 Å². The topological polar surface area (TPSA) is 66.3 Å². The molecule has 5 nitrogen and oxygen atoms in total. The van der Waals surface area contributed by atoms with Gasteiger partial charge in [-0.15, -0.1) is 0 Å². The fourth-order valence-corrected chi connectivity index (χ4v) is 3.50. The Bertz CT molecular complexity index is 756. The highest BCUT2D eigenvalue weighted by molar-refractivity contribution is 7.80. The highest BCUT2D eigenvalue weighted by atomic mass is 32.1. The average molecular weight is 345 g/mol. The molecule has 2 aromatic rings. The molecule has 1 aromatic heterocycles. The molecule has 1 aromatic carbocycles. The fourth-order valence-electron chi connectivity index (χ4n) is 3.30. The normalized spacial score (nSPS) is 20.6. The largest absolute Gasteiger partial charge is 0.451 e. The van der Waals surface area contributed by atoms with Gasteiger partial charge in [0.1, 0.15) is 5.58 Å². The molecule has 1 aliphatic rings. The van der Waals surface area contributed by atoms with Crippen molar-refractivity contribution in [3.8, 4) is 0 Å². The second-order valence-electron chi connectivity index (χ2n) is 6.47. The van der Waals surface area contributed by atoms with E-state index in [9.17, 15) is 4.79 Å². The number of amides is 1. The molecule has 0 saturated heterocycles. The van der Waals surface area contributed by atoms with Crippen LogP contribution in [0.3, 0.4) is 0 Å². The van der Waals surface area contributed by atoms with E-state index in [1.807, 2.05) is 31.2 Å². The van der Waals surface area contributed by atoms with Gasteiger partial charge in [-0.2, -0.15) is 0 Å². The molecule has 1 fully saturated rings. The summed E-state index contributed by atoms with van der Waals surface area (Å²) in [5.41, 5.74) is 6.93. The number of carbonyl (C=O) groups excluding carboxylic acids is 1. The second kappa shape index (κ2) is 7.21. The molecule has 0 spiro atoms. The molecular formula is C18H23N3O2S. The number of nitrogens with one attached hydrogen (secondary N) is 3. The number of carbonyl (C=O) groups is 1. The van der Waals surface area contributed by atoms with Gasteiger partial charge in [0.2, 0.25) is 0 Å². The number of hydrazine groups is 1. The van der Waals surface area contributed by atoms with Crippen LogP contribution in [0.4, 0.5) is 0 Å². The summed E-state index contributed by atoms with van der Waals surface area (Å²) in [6.07, 6.45) is 4.82. The molecule has 0 aliphatic heterocycles. The van der Waals surface area contributed by atoms with Crippen LogP contribution in [0.1, 0.15) is 48.7 Å². The average Bonchev–Trinajstić information content (AvgIpc) is 2.92. The first-order chi connectivity index (χ1) is 11.6. The lowest BCUT2D eigenvalue weighted by atomic mass is 9.86. The monoisotopic (exact) mass is 345 g/mol. The van der Waals surface area contributed by atoms with Crippen LogP contribution in [0.15, 0.2) is 28.7 Å². The summed E-state index contributed by atoms with van der Waals surface area (Å²) < 4.78 is 5.64. The van der Waals surface area contributed by atoms with E-state index in [0.717, 1.165) is 17.4 Å². The lowest BCUT2D eigenvalue weighted by Crippen LogP contribution is -2.51. The van der Waals surface area contributed by atoms with Crippen LogP contribution in [0.5, 0.6) is 0 Å². The van der Waals surface area contributed by atoms with Crippen LogP contribution in [0.2, 0.25) is 0 Å². The minimum Gasteiger partial charge on any atom is -0.451 e. The van der Waals surface area contributed by atoms with Crippen molar-refractivity contribution in [1.29, 1.82) is 0 Å². The first kappa shape index (κ1) is 16.8. The lowest BCUT2D eigenvalue weighted by Gasteiger charge is -2.30. The summed E-state index contributed by atoms with van der Waals surface area (Å²) in [7, 11) is 0. The maximum Gasteiger partial charge on any atom is 0.305 e. The standard InChI is InChI=1S/C18H23N3O2S/c1-11-7-3-5-9-14(11)19-18(24)21-20-17(22)16-12(2)13-8-4-6-10-15(13)23-16/h4,6,8,10-11,14H,3,5,7,9H2,1-2H3,(H,20,22)(H2,19,21,24)/t11-,14-/m0/s1. The van der Waals surface area contributed by atoms with E-state index in [1.165, 1.54) is 19.3 Å². The molecule has 0 bridgehead atoms. The molecule has 3 N–H and O–H groups in total. The highest BCUT2D eigenvalue weighted by Crippen LogP contribution is 2.25. The number of thiocarbonyl (C=S) groups is 1. The van der Waals surface area contributed by atoms with E-state index < -0.39 is 0 Å². The van der Waals surface area contributed by atoms with Crippen molar-refractivity contribution in [1.82, 2.24) is 16.2 Å². The van der Waals surface area contributed by atoms with E-state index in [-0.39, 0.29) is 5.91 Å². The van der Waals surface area contributed by atoms with Crippen molar-refractivity contribution in [2.45, 2.75) is 45.6 Å². The lowest BCUT2D eigenvalue weighted by molar-refractivity contribution is 0.0916. The van der Waals surface area contributed by atoms with Crippen molar-refractivity contribution in [3.63, 3.8) is 0 Å². The first-order valence-corrected chi connectivity index (χ1v) is 8.82. The van der Waals surface area contributed by atoms with Gasteiger partial charge in [-0.25, -0.2) is 0 Å².